The second-order valence-electron chi connectivity index (χ2n) is 5.54. The molecule has 0 aliphatic carbocycles. The Morgan fingerprint density at radius 1 is 1.13 bits per heavy atom. The molecule has 5 heteroatoms. The van der Waals surface area contributed by atoms with Crippen LogP contribution in [0.3, 0.4) is 0 Å². The highest BCUT2D eigenvalue weighted by Gasteiger charge is 2.08. The predicted molar refractivity (Wildman–Crippen MR) is 89.7 cm³/mol. The number of hydrogen-bond donors (Lipinski definition) is 3. The first-order valence-corrected chi connectivity index (χ1v) is 7.28. The normalized spacial score (nSPS) is 11.3. The van der Waals surface area contributed by atoms with Gasteiger partial charge in [-0.25, -0.2) is 5.43 Å². The molecule has 2 aromatic rings. The van der Waals surface area contributed by atoms with Gasteiger partial charge in [-0.15, -0.1) is 0 Å². The Hall–Kier alpha value is -2.82. The highest BCUT2D eigenvalue weighted by molar-refractivity contribution is 6.01. The van der Waals surface area contributed by atoms with E-state index >= 15 is 0 Å². The summed E-state index contributed by atoms with van der Waals surface area (Å²) in [5, 5.41) is 23.2. The quantitative estimate of drug-likeness (QED) is 0.461. The van der Waals surface area contributed by atoms with Crippen LogP contribution < -0.4 is 5.43 Å². The van der Waals surface area contributed by atoms with E-state index in [4.69, 9.17) is 0 Å². The number of nitrogens with one attached hydrogen (secondary N) is 1. The van der Waals surface area contributed by atoms with Crippen LogP contribution in [0, 0.1) is 13.8 Å². The van der Waals surface area contributed by atoms with Crippen molar-refractivity contribution in [3.8, 4) is 11.5 Å². The monoisotopic (exact) mass is 312 g/mol. The van der Waals surface area contributed by atoms with E-state index < -0.39 is 0 Å². The van der Waals surface area contributed by atoms with Crippen LogP contribution in [0.1, 0.15) is 29.2 Å². The number of benzene rings is 2. The Kier molecular flexibility index (Phi) is 5.01. The summed E-state index contributed by atoms with van der Waals surface area (Å²) in [6.07, 6.45) is 0.231. The van der Waals surface area contributed by atoms with Crippen molar-refractivity contribution in [2.24, 2.45) is 5.10 Å². The van der Waals surface area contributed by atoms with E-state index in [1.807, 2.05) is 32.0 Å². The number of amides is 1. The number of aromatic hydroxyl groups is 2. The zero-order valence-electron chi connectivity index (χ0n) is 13.4. The molecule has 0 fully saturated rings. The van der Waals surface area contributed by atoms with Crippen molar-refractivity contribution in [3.05, 3.63) is 58.7 Å². The molecule has 120 valence electrons. The van der Waals surface area contributed by atoms with Crippen LogP contribution in [0.25, 0.3) is 0 Å². The van der Waals surface area contributed by atoms with Gasteiger partial charge >= 0.3 is 0 Å². The molecule has 0 atom stereocenters. The van der Waals surface area contributed by atoms with Crippen molar-refractivity contribution in [3.63, 3.8) is 0 Å². The number of hydrogen-bond acceptors (Lipinski definition) is 4. The molecule has 3 N–H and O–H groups in total. The second-order valence-corrected chi connectivity index (χ2v) is 5.54. The second kappa shape index (κ2) is 6.96. The van der Waals surface area contributed by atoms with E-state index in [0.29, 0.717) is 11.3 Å². The van der Waals surface area contributed by atoms with Crippen molar-refractivity contribution in [2.75, 3.05) is 0 Å². The zero-order valence-corrected chi connectivity index (χ0v) is 13.4. The van der Waals surface area contributed by atoms with Gasteiger partial charge in [-0.05, 0) is 50.1 Å². The molecule has 0 aromatic heterocycles. The number of aryl methyl sites for hydroxylation is 2. The zero-order chi connectivity index (χ0) is 17.0. The minimum Gasteiger partial charge on any atom is -0.508 e. The van der Waals surface area contributed by atoms with Crippen molar-refractivity contribution in [1.82, 2.24) is 5.43 Å². The lowest BCUT2D eigenvalue weighted by Crippen LogP contribution is -2.21. The van der Waals surface area contributed by atoms with Gasteiger partial charge in [-0.3, -0.25) is 4.79 Å². The smallest absolute Gasteiger partial charge is 0.244 e. The van der Waals surface area contributed by atoms with E-state index in [2.05, 4.69) is 10.5 Å². The summed E-state index contributed by atoms with van der Waals surface area (Å²) in [5.74, 6) is -0.224. The first-order valence-electron chi connectivity index (χ1n) is 7.28. The fourth-order valence-corrected chi connectivity index (χ4v) is 2.28. The Balaban J connectivity index is 2.06. The van der Waals surface area contributed by atoms with E-state index in [1.165, 1.54) is 18.2 Å². The third-order valence-electron chi connectivity index (χ3n) is 3.57. The minimum atomic E-state index is -0.240. The number of carbonyl (C=O) groups excluding carboxylic acids is 1. The first kappa shape index (κ1) is 16.5. The van der Waals surface area contributed by atoms with Gasteiger partial charge in [-0.2, -0.15) is 5.10 Å². The fraction of sp³-hybridized carbons (Fsp3) is 0.222. The molecule has 5 nitrogen and oxygen atoms in total. The van der Waals surface area contributed by atoms with Gasteiger partial charge < -0.3 is 10.2 Å². The molecule has 2 aromatic carbocycles. The summed E-state index contributed by atoms with van der Waals surface area (Å²) >= 11 is 0. The largest absolute Gasteiger partial charge is 0.508 e. The van der Waals surface area contributed by atoms with Gasteiger partial charge in [-0.1, -0.05) is 23.8 Å². The van der Waals surface area contributed by atoms with Gasteiger partial charge in [0, 0.05) is 5.56 Å². The molecule has 0 bridgehead atoms. The lowest BCUT2D eigenvalue weighted by Gasteiger charge is -2.07. The summed E-state index contributed by atoms with van der Waals surface area (Å²) < 4.78 is 0. The number of hydrazone groups is 1. The molecule has 2 rings (SSSR count). The summed E-state index contributed by atoms with van der Waals surface area (Å²) in [6, 6.07) is 10.1. The van der Waals surface area contributed by atoms with Gasteiger partial charge in [0.15, 0.2) is 0 Å². The number of rotatable bonds is 4. The number of nitrogens with zero attached hydrogens (tertiary/aromatic N) is 1. The Morgan fingerprint density at radius 3 is 2.57 bits per heavy atom. The molecule has 23 heavy (non-hydrogen) atoms. The summed E-state index contributed by atoms with van der Waals surface area (Å²) in [7, 11) is 0. The van der Waals surface area contributed by atoms with Crippen LogP contribution in [0.2, 0.25) is 0 Å². The maximum Gasteiger partial charge on any atom is 0.244 e. The summed E-state index contributed by atoms with van der Waals surface area (Å²) in [5.41, 5.74) is 6.42. The number of phenolic OH excluding ortho intramolecular Hbond substituents is 2. The lowest BCUT2D eigenvalue weighted by molar-refractivity contribution is -0.120. The maximum absolute atomic E-state index is 12.0. The van der Waals surface area contributed by atoms with Crippen LogP contribution in [-0.2, 0) is 11.2 Å². The van der Waals surface area contributed by atoms with Crippen LogP contribution >= 0.6 is 0 Å². The molecule has 0 heterocycles. The van der Waals surface area contributed by atoms with Crippen LogP contribution in [-0.4, -0.2) is 21.8 Å². The first-order chi connectivity index (χ1) is 10.9. The number of carbonyl (C=O) groups is 1. The van der Waals surface area contributed by atoms with E-state index in [-0.39, 0.29) is 23.8 Å². The topological polar surface area (TPSA) is 81.9 Å². The van der Waals surface area contributed by atoms with Crippen molar-refractivity contribution < 1.29 is 15.0 Å². The molecule has 1 amide bonds. The van der Waals surface area contributed by atoms with Gasteiger partial charge in [0.2, 0.25) is 5.91 Å². The Labute approximate surface area is 135 Å². The van der Waals surface area contributed by atoms with Crippen LogP contribution in [0.15, 0.2) is 41.5 Å². The minimum absolute atomic E-state index is 0.00678. The molecule has 0 aliphatic rings. The van der Waals surface area contributed by atoms with E-state index in [0.717, 1.165) is 16.7 Å². The van der Waals surface area contributed by atoms with Crippen molar-refractivity contribution in [1.29, 1.82) is 0 Å². The van der Waals surface area contributed by atoms with Crippen molar-refractivity contribution >= 4 is 11.6 Å². The molecule has 0 saturated carbocycles. The van der Waals surface area contributed by atoms with Gasteiger partial charge in [0.1, 0.15) is 11.5 Å². The third kappa shape index (κ3) is 4.32. The third-order valence-corrected chi connectivity index (χ3v) is 3.57. The predicted octanol–water partition coefficient (Wildman–Crippen LogP) is 2.80. The molecule has 0 saturated heterocycles. The molecular weight excluding hydrogens is 292 g/mol. The lowest BCUT2D eigenvalue weighted by atomic mass is 10.0. The summed E-state index contributed by atoms with van der Waals surface area (Å²) in [6.45, 7) is 5.62. The molecular formula is C18H20N2O3. The average Bonchev–Trinajstić information content (AvgIpc) is 2.50. The average molecular weight is 312 g/mol. The van der Waals surface area contributed by atoms with Gasteiger partial charge in [0.05, 0.1) is 12.1 Å². The standard InChI is InChI=1S/C18H20N2O3/c1-11-4-5-14(12(2)8-11)9-18(23)20-19-13(3)16-10-15(21)6-7-17(16)22/h4-8,10,21-22H,9H2,1-3H3,(H,20,23)/b19-13-. The molecule has 0 aliphatic heterocycles. The highest BCUT2D eigenvalue weighted by Crippen LogP contribution is 2.22. The summed E-state index contributed by atoms with van der Waals surface area (Å²) in [4.78, 5) is 12.0. The van der Waals surface area contributed by atoms with Crippen LogP contribution in [0.5, 0.6) is 11.5 Å². The molecule has 0 spiro atoms. The van der Waals surface area contributed by atoms with Crippen LogP contribution in [0.4, 0.5) is 0 Å². The maximum atomic E-state index is 12.0. The number of phenols is 2. The Morgan fingerprint density at radius 2 is 1.87 bits per heavy atom. The van der Waals surface area contributed by atoms with Crippen molar-refractivity contribution in [2.45, 2.75) is 27.2 Å². The van der Waals surface area contributed by atoms with E-state index in [1.54, 1.807) is 6.92 Å². The Bertz CT molecular complexity index is 767. The van der Waals surface area contributed by atoms with Gasteiger partial charge in [0.25, 0.3) is 0 Å². The molecule has 0 radical (unpaired) electrons. The molecule has 0 unspecified atom stereocenters. The fourth-order valence-electron chi connectivity index (χ4n) is 2.28. The van der Waals surface area contributed by atoms with E-state index in [9.17, 15) is 15.0 Å². The SMILES string of the molecule is C/C(=N/NC(=O)Cc1ccc(C)cc1C)c1cc(O)ccc1O. The highest BCUT2D eigenvalue weighted by atomic mass is 16.3.